The minimum absolute atomic E-state index is 0.127. The van der Waals surface area contributed by atoms with Crippen LogP contribution in [0, 0.1) is 0 Å². The first-order chi connectivity index (χ1) is 15.7. The van der Waals surface area contributed by atoms with Gasteiger partial charge in [0, 0.05) is 25.1 Å². The molecule has 4 heterocycles. The molecule has 0 aliphatic carbocycles. The Balaban J connectivity index is 1.40. The number of rotatable bonds is 5. The molecule has 2 saturated heterocycles. The molecular formula is C24H25ClN6O. The van der Waals surface area contributed by atoms with Gasteiger partial charge in [-0.05, 0) is 49.4 Å². The molecule has 0 radical (unpaired) electrons. The topological polar surface area (TPSA) is 83.0 Å². The monoisotopic (exact) mass is 448 g/mol. The maximum Gasteiger partial charge on any atom is 0.227 e. The van der Waals surface area contributed by atoms with Gasteiger partial charge in [-0.15, -0.1) is 0 Å². The number of nitrogens with zero attached hydrogens (tertiary/aromatic N) is 4. The molecule has 0 saturated carbocycles. The third kappa shape index (κ3) is 4.45. The van der Waals surface area contributed by atoms with Gasteiger partial charge in [0.25, 0.3) is 0 Å². The molecule has 3 aromatic rings. The molecule has 2 aromatic heterocycles. The van der Waals surface area contributed by atoms with Crippen LogP contribution in [0.15, 0.2) is 48.9 Å². The van der Waals surface area contributed by atoms with Crippen molar-refractivity contribution < 1.29 is 4.79 Å². The number of pyridine rings is 1. The highest BCUT2D eigenvalue weighted by atomic mass is 35.5. The lowest BCUT2D eigenvalue weighted by molar-refractivity contribution is -0.117. The van der Waals surface area contributed by atoms with E-state index in [9.17, 15) is 4.79 Å². The van der Waals surface area contributed by atoms with Gasteiger partial charge in [0.2, 0.25) is 11.9 Å². The molecule has 2 fully saturated rings. The number of hydrogen-bond acceptors (Lipinski definition) is 6. The fraction of sp³-hybridized carbons (Fsp3) is 0.333. The first kappa shape index (κ1) is 20.8. The highest BCUT2D eigenvalue weighted by Gasteiger charge is 2.22. The third-order valence-electron chi connectivity index (χ3n) is 6.04. The summed E-state index contributed by atoms with van der Waals surface area (Å²) in [5.74, 6) is 1.06. The highest BCUT2D eigenvalue weighted by molar-refractivity contribution is 6.32. The second-order valence-corrected chi connectivity index (χ2v) is 8.67. The minimum Gasteiger partial charge on any atom is -0.323 e. The van der Waals surface area contributed by atoms with Crippen LogP contribution in [0.1, 0.15) is 37.2 Å². The maximum atomic E-state index is 12.1. The van der Waals surface area contributed by atoms with E-state index in [2.05, 4.69) is 43.8 Å². The van der Waals surface area contributed by atoms with Gasteiger partial charge in [0.15, 0.2) is 0 Å². The number of aromatic nitrogens is 3. The Morgan fingerprint density at radius 1 is 1.16 bits per heavy atom. The molecule has 2 aliphatic rings. The largest absolute Gasteiger partial charge is 0.323 e. The summed E-state index contributed by atoms with van der Waals surface area (Å²) in [7, 11) is 0. The van der Waals surface area contributed by atoms with Gasteiger partial charge in [-0.1, -0.05) is 29.8 Å². The Bertz CT molecular complexity index is 1130. The lowest BCUT2D eigenvalue weighted by atomic mass is 9.90. The summed E-state index contributed by atoms with van der Waals surface area (Å²) < 4.78 is 0. The van der Waals surface area contributed by atoms with Crippen molar-refractivity contribution in [2.75, 3.05) is 29.9 Å². The van der Waals surface area contributed by atoms with Crippen molar-refractivity contribution in [1.29, 1.82) is 0 Å². The van der Waals surface area contributed by atoms with Crippen molar-refractivity contribution >= 4 is 34.8 Å². The van der Waals surface area contributed by atoms with E-state index in [0.29, 0.717) is 29.0 Å². The van der Waals surface area contributed by atoms with Crippen molar-refractivity contribution in [3.8, 4) is 11.3 Å². The van der Waals surface area contributed by atoms with Crippen LogP contribution in [-0.2, 0) is 4.79 Å². The average molecular weight is 449 g/mol. The van der Waals surface area contributed by atoms with Crippen molar-refractivity contribution in [2.24, 2.45) is 0 Å². The number of hydrogen-bond donors (Lipinski definition) is 2. The molecule has 8 heteroatoms. The van der Waals surface area contributed by atoms with Crippen LogP contribution in [0.25, 0.3) is 11.3 Å². The Hall–Kier alpha value is -3.03. The van der Waals surface area contributed by atoms with Crippen LogP contribution in [0.3, 0.4) is 0 Å². The van der Waals surface area contributed by atoms with Crippen molar-refractivity contribution in [2.45, 2.75) is 31.6 Å². The standard InChI is InChI=1S/C24H25ClN6O/c25-21-15-28-24(29-19-11-20(14-27-13-19)31-9-3-7-22(31)32)30-23(21)17-5-1-4-16(10-17)18-6-2-8-26-12-18/h1,4-5,10-11,13-15,18,26H,2-3,6-9,12H2,(H,28,29,30). The van der Waals surface area contributed by atoms with Gasteiger partial charge in [-0.25, -0.2) is 9.97 Å². The van der Waals surface area contributed by atoms with E-state index in [1.54, 1.807) is 23.5 Å². The first-order valence-electron chi connectivity index (χ1n) is 11.0. The molecular weight excluding hydrogens is 424 g/mol. The Kier molecular flexibility index (Phi) is 6.01. The second kappa shape index (κ2) is 9.22. The van der Waals surface area contributed by atoms with Crippen LogP contribution in [0.2, 0.25) is 5.02 Å². The Morgan fingerprint density at radius 2 is 2.09 bits per heavy atom. The number of nitrogens with one attached hydrogen (secondary N) is 2. The van der Waals surface area contributed by atoms with E-state index < -0.39 is 0 Å². The molecule has 0 spiro atoms. The molecule has 32 heavy (non-hydrogen) atoms. The highest BCUT2D eigenvalue weighted by Crippen LogP contribution is 2.31. The molecule has 2 aliphatic heterocycles. The number of piperidine rings is 1. The van der Waals surface area contributed by atoms with E-state index in [1.165, 1.54) is 18.4 Å². The predicted octanol–water partition coefficient (Wildman–Crippen LogP) is 4.53. The van der Waals surface area contributed by atoms with Crippen LogP contribution in [-0.4, -0.2) is 40.5 Å². The van der Waals surface area contributed by atoms with Crippen molar-refractivity contribution in [1.82, 2.24) is 20.3 Å². The van der Waals surface area contributed by atoms with Crippen LogP contribution in [0.4, 0.5) is 17.3 Å². The van der Waals surface area contributed by atoms with Crippen molar-refractivity contribution in [3.63, 3.8) is 0 Å². The molecule has 164 valence electrons. The van der Waals surface area contributed by atoms with Crippen LogP contribution < -0.4 is 15.5 Å². The molecule has 1 amide bonds. The number of carbonyl (C=O) groups is 1. The molecule has 7 nitrogen and oxygen atoms in total. The zero-order valence-electron chi connectivity index (χ0n) is 17.7. The molecule has 1 aromatic carbocycles. The van der Waals surface area contributed by atoms with Crippen LogP contribution >= 0.6 is 11.6 Å². The summed E-state index contributed by atoms with van der Waals surface area (Å²) in [6.45, 7) is 2.81. The number of anilines is 3. The van der Waals surface area contributed by atoms with E-state index in [4.69, 9.17) is 11.6 Å². The van der Waals surface area contributed by atoms with E-state index in [-0.39, 0.29) is 5.91 Å². The Morgan fingerprint density at radius 3 is 2.91 bits per heavy atom. The number of carbonyl (C=O) groups excluding carboxylic acids is 1. The normalized spacial score (nSPS) is 18.7. The fourth-order valence-corrected chi connectivity index (χ4v) is 4.60. The second-order valence-electron chi connectivity index (χ2n) is 8.26. The van der Waals surface area contributed by atoms with Gasteiger partial charge in [0.1, 0.15) is 0 Å². The van der Waals surface area contributed by atoms with E-state index in [1.807, 2.05) is 12.1 Å². The van der Waals surface area contributed by atoms with Gasteiger partial charge in [-0.2, -0.15) is 0 Å². The fourth-order valence-electron chi connectivity index (χ4n) is 4.40. The first-order valence-corrected chi connectivity index (χ1v) is 11.4. The average Bonchev–Trinajstić information content (AvgIpc) is 3.27. The smallest absolute Gasteiger partial charge is 0.227 e. The van der Waals surface area contributed by atoms with Gasteiger partial charge >= 0.3 is 0 Å². The summed E-state index contributed by atoms with van der Waals surface area (Å²) in [4.78, 5) is 27.1. The lowest BCUT2D eigenvalue weighted by Crippen LogP contribution is -2.28. The molecule has 2 N–H and O–H groups in total. The van der Waals surface area contributed by atoms with Crippen LogP contribution in [0.5, 0.6) is 0 Å². The zero-order valence-corrected chi connectivity index (χ0v) is 18.5. The summed E-state index contributed by atoms with van der Waals surface area (Å²) in [6, 6.07) is 10.3. The number of benzene rings is 1. The van der Waals surface area contributed by atoms with Gasteiger partial charge < -0.3 is 15.5 Å². The SMILES string of the molecule is O=C1CCCN1c1cncc(Nc2ncc(Cl)c(-c3cccc(C4CCCNC4)c3)n2)c1. The molecule has 1 unspecified atom stereocenters. The minimum atomic E-state index is 0.127. The van der Waals surface area contributed by atoms with E-state index in [0.717, 1.165) is 43.0 Å². The maximum absolute atomic E-state index is 12.1. The summed E-state index contributed by atoms with van der Waals surface area (Å²) in [5, 5.41) is 7.19. The lowest BCUT2D eigenvalue weighted by Gasteiger charge is -2.23. The van der Waals surface area contributed by atoms with Gasteiger partial charge in [0.05, 0.1) is 40.7 Å². The quantitative estimate of drug-likeness (QED) is 0.596. The third-order valence-corrected chi connectivity index (χ3v) is 6.31. The molecule has 5 rings (SSSR count). The summed E-state index contributed by atoms with van der Waals surface area (Å²) in [5.41, 5.74) is 4.45. The molecule has 0 bridgehead atoms. The molecule has 1 atom stereocenters. The predicted molar refractivity (Wildman–Crippen MR) is 126 cm³/mol. The Labute approximate surface area is 192 Å². The van der Waals surface area contributed by atoms with E-state index >= 15 is 0 Å². The van der Waals surface area contributed by atoms with Gasteiger partial charge in [-0.3, -0.25) is 9.78 Å². The number of halogens is 1. The number of amides is 1. The van der Waals surface area contributed by atoms with Crippen molar-refractivity contribution in [3.05, 3.63) is 59.5 Å². The summed E-state index contributed by atoms with van der Waals surface area (Å²) in [6.07, 6.45) is 8.83. The zero-order chi connectivity index (χ0) is 21.9. The summed E-state index contributed by atoms with van der Waals surface area (Å²) >= 11 is 6.48.